The summed E-state index contributed by atoms with van der Waals surface area (Å²) in [5.74, 6) is 0.127. The Bertz CT molecular complexity index is 375. The van der Waals surface area contributed by atoms with Gasteiger partial charge in [-0.3, -0.25) is 14.8 Å². The van der Waals surface area contributed by atoms with Crippen LogP contribution in [0.25, 0.3) is 0 Å². The molecule has 1 N–H and O–H groups in total. The van der Waals surface area contributed by atoms with E-state index in [0.717, 1.165) is 23.4 Å². The molecule has 1 aromatic heterocycles. The van der Waals surface area contributed by atoms with E-state index in [0.29, 0.717) is 11.7 Å². The lowest BCUT2D eigenvalue weighted by molar-refractivity contribution is -0.120. The monoisotopic (exact) mass is 231 g/mol. The Morgan fingerprint density at radius 3 is 3.00 bits per heavy atom. The van der Waals surface area contributed by atoms with Crippen LogP contribution in [0.2, 0.25) is 0 Å². The average Bonchev–Trinajstić information content (AvgIpc) is 2.94. The largest absolute Gasteiger partial charge is 0.295 e. The summed E-state index contributed by atoms with van der Waals surface area (Å²) in [4.78, 5) is 12.3. The zero-order valence-electron chi connectivity index (χ0n) is 8.20. The van der Waals surface area contributed by atoms with Gasteiger partial charge >= 0.3 is 0 Å². The Balaban J connectivity index is 2.10. The summed E-state index contributed by atoms with van der Waals surface area (Å²) in [6, 6.07) is 1.76. The highest BCUT2D eigenvalue weighted by Gasteiger charge is 2.27. The number of hydrogen-bond donors (Lipinski definition) is 1. The second-order valence-electron chi connectivity index (χ2n) is 3.65. The molecule has 1 aliphatic rings. The molecule has 0 radical (unpaired) electrons. The Morgan fingerprint density at radius 1 is 1.80 bits per heavy atom. The number of carbonyl (C=O) groups is 1. The Labute approximate surface area is 91.4 Å². The van der Waals surface area contributed by atoms with Crippen molar-refractivity contribution in [3.05, 3.63) is 11.8 Å². The molecule has 82 valence electrons. The van der Waals surface area contributed by atoms with E-state index in [1.165, 1.54) is 7.05 Å². The van der Waals surface area contributed by atoms with E-state index in [4.69, 9.17) is 11.6 Å². The number of alkyl halides is 2. The van der Waals surface area contributed by atoms with Crippen LogP contribution < -0.4 is 4.90 Å². The van der Waals surface area contributed by atoms with Crippen molar-refractivity contribution in [2.45, 2.75) is 24.4 Å². The molecule has 1 saturated carbocycles. The molecule has 6 heteroatoms. The Hall–Kier alpha value is -1.10. The second-order valence-corrected chi connectivity index (χ2v) is 4.04. The van der Waals surface area contributed by atoms with Crippen LogP contribution in [0, 0.1) is 0 Å². The van der Waals surface area contributed by atoms with Gasteiger partial charge in [-0.25, -0.2) is 4.39 Å². The summed E-state index contributed by atoms with van der Waals surface area (Å²) in [6.45, 7) is 0. The first kappa shape index (κ1) is 10.4. The zero-order valence-corrected chi connectivity index (χ0v) is 8.96. The van der Waals surface area contributed by atoms with Crippen molar-refractivity contribution in [3.63, 3.8) is 0 Å². The minimum Gasteiger partial charge on any atom is -0.295 e. The van der Waals surface area contributed by atoms with E-state index in [9.17, 15) is 9.18 Å². The summed E-state index contributed by atoms with van der Waals surface area (Å²) in [5, 5.41) is 6.77. The van der Waals surface area contributed by atoms with Crippen molar-refractivity contribution in [1.29, 1.82) is 0 Å². The van der Waals surface area contributed by atoms with Crippen molar-refractivity contribution in [1.82, 2.24) is 10.2 Å². The van der Waals surface area contributed by atoms with Gasteiger partial charge in [-0.1, -0.05) is 11.6 Å². The molecule has 0 saturated heterocycles. The van der Waals surface area contributed by atoms with E-state index in [1.54, 1.807) is 6.07 Å². The lowest BCUT2D eigenvalue weighted by Crippen LogP contribution is -2.31. The van der Waals surface area contributed by atoms with Crippen LogP contribution in [0.5, 0.6) is 0 Å². The van der Waals surface area contributed by atoms with Gasteiger partial charge in [0.15, 0.2) is 5.82 Å². The molecule has 1 fully saturated rings. The summed E-state index contributed by atoms with van der Waals surface area (Å²) in [5.41, 5.74) is -1.02. The summed E-state index contributed by atoms with van der Waals surface area (Å²) in [7, 11) is 1.45. The molecular formula is C9H11ClFN3O. The fourth-order valence-electron chi connectivity index (χ4n) is 1.36. The molecule has 2 rings (SSSR count). The van der Waals surface area contributed by atoms with Gasteiger partial charge < -0.3 is 0 Å². The maximum atomic E-state index is 12.5. The first-order chi connectivity index (χ1) is 7.09. The molecule has 0 aliphatic heterocycles. The predicted molar refractivity (Wildman–Crippen MR) is 54.7 cm³/mol. The number of nitrogens with one attached hydrogen (secondary N) is 1. The van der Waals surface area contributed by atoms with Crippen molar-refractivity contribution in [2.75, 3.05) is 11.9 Å². The third-order valence-corrected chi connectivity index (χ3v) is 2.65. The number of amides is 1. The van der Waals surface area contributed by atoms with Crippen molar-refractivity contribution < 1.29 is 9.18 Å². The van der Waals surface area contributed by atoms with E-state index >= 15 is 0 Å². The van der Waals surface area contributed by atoms with Gasteiger partial charge in [-0.05, 0) is 12.8 Å². The lowest BCUT2D eigenvalue weighted by Gasteiger charge is -2.13. The molecular weight excluding hydrogens is 221 g/mol. The van der Waals surface area contributed by atoms with Gasteiger partial charge in [0.2, 0.25) is 0 Å². The minimum atomic E-state index is -2.02. The van der Waals surface area contributed by atoms with E-state index < -0.39 is 11.5 Å². The maximum Gasteiger partial charge on any atom is 0.278 e. The quantitative estimate of drug-likeness (QED) is 0.807. The van der Waals surface area contributed by atoms with E-state index in [-0.39, 0.29) is 0 Å². The lowest BCUT2D eigenvalue weighted by atomic mass is 10.3. The van der Waals surface area contributed by atoms with E-state index in [1.807, 2.05) is 0 Å². The van der Waals surface area contributed by atoms with Crippen molar-refractivity contribution in [2.24, 2.45) is 0 Å². The Morgan fingerprint density at radius 2 is 2.47 bits per heavy atom. The maximum absolute atomic E-state index is 12.5. The summed E-state index contributed by atoms with van der Waals surface area (Å²) >= 11 is 5.06. The highest BCUT2D eigenvalue weighted by atomic mass is 35.5. The normalized spacial score (nSPS) is 17.5. The van der Waals surface area contributed by atoms with Crippen molar-refractivity contribution >= 4 is 23.3 Å². The number of nitrogens with zero attached hydrogens (tertiary/aromatic N) is 2. The second kappa shape index (κ2) is 3.81. The Kier molecular flexibility index (Phi) is 2.65. The zero-order chi connectivity index (χ0) is 11.0. The number of aromatic amines is 1. The number of carbonyl (C=O) groups excluding carboxylic acids is 1. The molecule has 15 heavy (non-hydrogen) atoms. The molecule has 0 bridgehead atoms. The van der Waals surface area contributed by atoms with Gasteiger partial charge in [0.05, 0.1) is 0 Å². The molecule has 0 spiro atoms. The predicted octanol–water partition coefficient (Wildman–Crippen LogP) is 1.78. The van der Waals surface area contributed by atoms with Crippen LogP contribution in [0.4, 0.5) is 10.2 Å². The van der Waals surface area contributed by atoms with Crippen LogP contribution in [-0.4, -0.2) is 28.8 Å². The van der Waals surface area contributed by atoms with Crippen LogP contribution in [0.3, 0.4) is 0 Å². The smallest absolute Gasteiger partial charge is 0.278 e. The summed E-state index contributed by atoms with van der Waals surface area (Å²) < 4.78 is 12.5. The highest BCUT2D eigenvalue weighted by Crippen LogP contribution is 2.39. The van der Waals surface area contributed by atoms with Gasteiger partial charge in [0.25, 0.3) is 11.5 Å². The SMILES string of the molecule is CN(C(=O)C(F)Cl)c1cc(C2CC2)[nH]n1. The first-order valence-corrected chi connectivity index (χ1v) is 5.14. The van der Waals surface area contributed by atoms with Crippen LogP contribution in [0.1, 0.15) is 24.5 Å². The molecule has 4 nitrogen and oxygen atoms in total. The van der Waals surface area contributed by atoms with Crippen LogP contribution in [-0.2, 0) is 4.79 Å². The number of halogens is 2. The number of anilines is 1. The number of hydrogen-bond acceptors (Lipinski definition) is 2. The molecule has 1 amide bonds. The minimum absolute atomic E-state index is 0.408. The third-order valence-electron chi connectivity index (χ3n) is 2.46. The molecule has 0 aromatic carbocycles. The molecule has 1 aromatic rings. The molecule has 1 aliphatic carbocycles. The van der Waals surface area contributed by atoms with Gasteiger partial charge in [-0.2, -0.15) is 5.10 Å². The molecule has 1 unspecified atom stereocenters. The fourth-order valence-corrected chi connectivity index (χ4v) is 1.51. The first-order valence-electron chi connectivity index (χ1n) is 4.70. The van der Waals surface area contributed by atoms with Crippen LogP contribution in [0.15, 0.2) is 6.07 Å². The van der Waals surface area contributed by atoms with Gasteiger partial charge in [0, 0.05) is 24.7 Å². The number of rotatable bonds is 3. The average molecular weight is 232 g/mol. The fraction of sp³-hybridized carbons (Fsp3) is 0.556. The molecule has 1 heterocycles. The van der Waals surface area contributed by atoms with Gasteiger partial charge in [0.1, 0.15) is 0 Å². The summed E-state index contributed by atoms with van der Waals surface area (Å²) in [6.07, 6.45) is 2.28. The van der Waals surface area contributed by atoms with Crippen LogP contribution >= 0.6 is 11.6 Å². The highest BCUT2D eigenvalue weighted by molar-refractivity contribution is 6.31. The van der Waals surface area contributed by atoms with E-state index in [2.05, 4.69) is 10.2 Å². The standard InChI is InChI=1S/C9H11ClFN3O/c1-14(9(15)8(10)11)7-4-6(12-13-7)5-2-3-5/h4-5,8H,2-3H2,1H3,(H,12,13). The molecule has 1 atom stereocenters. The van der Waals surface area contributed by atoms with Gasteiger partial charge in [-0.15, -0.1) is 0 Å². The topological polar surface area (TPSA) is 49.0 Å². The number of H-pyrrole nitrogens is 1. The number of aromatic nitrogens is 2. The van der Waals surface area contributed by atoms with Crippen molar-refractivity contribution in [3.8, 4) is 0 Å². The third kappa shape index (κ3) is 2.12.